The molecular weight excluding hydrogens is 558 g/mol. The predicted octanol–water partition coefficient (Wildman–Crippen LogP) is 7.76. The van der Waals surface area contributed by atoms with Gasteiger partial charge in [0.2, 0.25) is 0 Å². The van der Waals surface area contributed by atoms with Crippen LogP contribution in [-0.2, 0) is 10.1 Å². The van der Waals surface area contributed by atoms with E-state index in [1.54, 1.807) is 13.8 Å². The van der Waals surface area contributed by atoms with Crippen LogP contribution >= 0.6 is 81.2 Å². The minimum Gasteiger partial charge on any atom is -0.747 e. The highest BCUT2D eigenvalue weighted by molar-refractivity contribution is 7.87. The van der Waals surface area contributed by atoms with E-state index in [2.05, 4.69) is 5.32 Å². The highest BCUT2D eigenvalue weighted by Gasteiger charge is 2.57. The van der Waals surface area contributed by atoms with Gasteiger partial charge in [0, 0.05) is 17.5 Å². The Kier molecular flexibility index (Phi) is 8.67. The maximum absolute atomic E-state index is 12.5. The Hall–Kier alpha value is 0.440. The van der Waals surface area contributed by atoms with Crippen LogP contribution in [0.4, 0.5) is 5.69 Å². The minimum absolute atomic E-state index is 0.0107. The molecule has 1 aromatic rings. The first-order chi connectivity index (χ1) is 13.8. The predicted molar refractivity (Wildman–Crippen MR) is 128 cm³/mol. The van der Waals surface area contributed by atoms with Crippen molar-refractivity contribution >= 4 is 97.0 Å². The molecule has 30 heavy (non-hydrogen) atoms. The van der Waals surface area contributed by atoms with Crippen molar-refractivity contribution in [2.75, 3.05) is 17.1 Å². The van der Waals surface area contributed by atoms with Gasteiger partial charge in [0.05, 0.1) is 41.0 Å². The molecule has 168 valence electrons. The number of anilines is 1. The average molecular weight is 576 g/mol. The van der Waals surface area contributed by atoms with Gasteiger partial charge in [-0.25, -0.2) is 8.42 Å². The van der Waals surface area contributed by atoms with Crippen LogP contribution in [-0.4, -0.2) is 29.5 Å². The summed E-state index contributed by atoms with van der Waals surface area (Å²) in [6.45, 7) is 3.47. The van der Waals surface area contributed by atoms with Crippen molar-refractivity contribution in [3.63, 3.8) is 0 Å². The lowest BCUT2D eigenvalue weighted by molar-refractivity contribution is 0.295. The molecule has 0 bridgehead atoms. The normalized spacial score (nSPS) is 21.3. The lowest BCUT2D eigenvalue weighted by Gasteiger charge is -2.52. The molecule has 0 amide bonds. The van der Waals surface area contributed by atoms with E-state index in [4.69, 9.17) is 81.2 Å². The molecular formula is C18H17Cl7NO3S-. The van der Waals surface area contributed by atoms with Crippen LogP contribution < -0.4 is 5.32 Å². The van der Waals surface area contributed by atoms with Crippen molar-refractivity contribution in [2.45, 2.75) is 31.4 Å². The second kappa shape index (κ2) is 9.74. The van der Waals surface area contributed by atoms with E-state index >= 15 is 0 Å². The van der Waals surface area contributed by atoms with E-state index in [1.165, 1.54) is 12.2 Å². The van der Waals surface area contributed by atoms with Crippen LogP contribution in [0.1, 0.15) is 26.7 Å². The molecule has 0 fully saturated rings. The van der Waals surface area contributed by atoms with Crippen LogP contribution in [0.5, 0.6) is 0 Å². The number of halogens is 7. The van der Waals surface area contributed by atoms with Gasteiger partial charge in [0.15, 0.2) is 0 Å². The minimum atomic E-state index is -4.89. The van der Waals surface area contributed by atoms with E-state index in [0.717, 1.165) is 0 Å². The Morgan fingerprint density at radius 3 is 1.83 bits per heavy atom. The van der Waals surface area contributed by atoms with Crippen LogP contribution in [0.3, 0.4) is 0 Å². The van der Waals surface area contributed by atoms with Gasteiger partial charge in [0.1, 0.15) is 10.1 Å². The standard InChI is InChI=1S/C18H18Cl7NO3S/c1-3-5-18(30(27,28)29)6-4-9(2)16(17(18,7-19)8-20)26-15-13(24)11(22)10(21)12(23)14(15)25/h4,6,26H,3,5,7-8H2,1-2H3,(H,27,28,29)/p-1. The molecule has 1 N–H and O–H groups in total. The smallest absolute Gasteiger partial charge is 0.105 e. The lowest BCUT2D eigenvalue weighted by Crippen LogP contribution is -2.58. The maximum atomic E-state index is 12.5. The second-order valence-electron chi connectivity index (χ2n) is 6.90. The Morgan fingerprint density at radius 1 is 0.967 bits per heavy atom. The molecule has 0 aliphatic heterocycles. The first kappa shape index (κ1) is 26.7. The van der Waals surface area contributed by atoms with Gasteiger partial charge in [-0.2, -0.15) is 0 Å². The zero-order valence-corrected chi connectivity index (χ0v) is 21.9. The zero-order valence-electron chi connectivity index (χ0n) is 15.8. The van der Waals surface area contributed by atoms with E-state index in [0.29, 0.717) is 12.0 Å². The van der Waals surface area contributed by atoms with Gasteiger partial charge in [-0.1, -0.05) is 83.5 Å². The van der Waals surface area contributed by atoms with Crippen LogP contribution in [0.15, 0.2) is 23.4 Å². The Morgan fingerprint density at radius 2 is 1.43 bits per heavy atom. The molecule has 0 saturated carbocycles. The Bertz CT molecular complexity index is 990. The summed E-state index contributed by atoms with van der Waals surface area (Å²) in [7, 11) is -4.89. The highest BCUT2D eigenvalue weighted by Crippen LogP contribution is 2.54. The molecule has 0 radical (unpaired) electrons. The molecule has 0 heterocycles. The molecule has 2 rings (SSSR count). The number of rotatable bonds is 7. The van der Waals surface area contributed by atoms with Gasteiger partial charge in [-0.05, 0) is 18.9 Å². The molecule has 12 heteroatoms. The largest absolute Gasteiger partial charge is 0.747 e. The molecule has 1 unspecified atom stereocenters. The van der Waals surface area contributed by atoms with Crippen LogP contribution in [0.25, 0.3) is 0 Å². The monoisotopic (exact) mass is 572 g/mol. The zero-order chi connectivity index (χ0) is 23.1. The summed E-state index contributed by atoms with van der Waals surface area (Å²) in [6.07, 6.45) is 3.31. The first-order valence-corrected chi connectivity index (χ1v) is 13.0. The van der Waals surface area contributed by atoms with E-state index in [1.807, 2.05) is 0 Å². The third kappa shape index (κ3) is 4.08. The highest BCUT2D eigenvalue weighted by atomic mass is 35.5. The van der Waals surface area contributed by atoms with Crippen LogP contribution in [0.2, 0.25) is 25.1 Å². The lowest BCUT2D eigenvalue weighted by atomic mass is 9.68. The summed E-state index contributed by atoms with van der Waals surface area (Å²) in [5.41, 5.74) is -0.547. The third-order valence-corrected chi connectivity index (χ3v) is 10.1. The van der Waals surface area contributed by atoms with Crippen molar-refractivity contribution in [1.82, 2.24) is 0 Å². The molecule has 0 spiro atoms. The molecule has 1 aliphatic rings. The van der Waals surface area contributed by atoms with Crippen molar-refractivity contribution in [2.24, 2.45) is 5.41 Å². The quantitative estimate of drug-likeness (QED) is 0.156. The van der Waals surface area contributed by atoms with Gasteiger partial charge in [-0.15, -0.1) is 23.2 Å². The van der Waals surface area contributed by atoms with E-state index in [-0.39, 0.29) is 54.7 Å². The third-order valence-electron chi connectivity index (χ3n) is 5.27. The molecule has 1 aliphatic carbocycles. The summed E-state index contributed by atoms with van der Waals surface area (Å²) in [5, 5.41) is 2.84. The maximum Gasteiger partial charge on any atom is 0.105 e. The Labute approximate surface area is 211 Å². The summed E-state index contributed by atoms with van der Waals surface area (Å²) in [5.74, 6) is -0.543. The number of hydrogen-bond acceptors (Lipinski definition) is 4. The van der Waals surface area contributed by atoms with E-state index in [9.17, 15) is 13.0 Å². The summed E-state index contributed by atoms with van der Waals surface area (Å²) >= 11 is 43.7. The van der Waals surface area contributed by atoms with Crippen molar-refractivity contribution in [1.29, 1.82) is 0 Å². The molecule has 4 nitrogen and oxygen atoms in total. The number of benzene rings is 1. The molecule has 0 aromatic heterocycles. The van der Waals surface area contributed by atoms with Gasteiger partial charge >= 0.3 is 0 Å². The second-order valence-corrected chi connectivity index (χ2v) is 11.0. The van der Waals surface area contributed by atoms with Crippen molar-refractivity contribution in [3.8, 4) is 0 Å². The number of allylic oxidation sites excluding steroid dienone is 3. The summed E-state index contributed by atoms with van der Waals surface area (Å²) in [4.78, 5) is 0. The van der Waals surface area contributed by atoms with Crippen LogP contribution in [0, 0.1) is 5.41 Å². The van der Waals surface area contributed by atoms with E-state index < -0.39 is 20.3 Å². The number of nitrogens with one attached hydrogen (secondary N) is 1. The fraction of sp³-hybridized carbons (Fsp3) is 0.444. The average Bonchev–Trinajstić information content (AvgIpc) is 2.69. The molecule has 1 atom stereocenters. The van der Waals surface area contributed by atoms with Gasteiger partial charge in [0.25, 0.3) is 0 Å². The van der Waals surface area contributed by atoms with Gasteiger partial charge in [-0.3, -0.25) is 0 Å². The topological polar surface area (TPSA) is 69.2 Å². The Balaban J connectivity index is 2.84. The number of hydrogen-bond donors (Lipinski definition) is 1. The molecule has 1 aromatic carbocycles. The number of alkyl halides is 2. The van der Waals surface area contributed by atoms with Crippen molar-refractivity contribution < 1.29 is 13.0 Å². The van der Waals surface area contributed by atoms with Crippen molar-refractivity contribution in [3.05, 3.63) is 48.5 Å². The SMILES string of the molecule is CCCC1(S(=O)(=O)[O-])C=CC(C)=C(Nc2c(Cl)c(Cl)c(Cl)c(Cl)c2Cl)C1(CCl)CCl. The first-order valence-electron chi connectivity index (χ1n) is 8.61. The summed E-state index contributed by atoms with van der Waals surface area (Å²) in [6, 6.07) is 0. The fourth-order valence-electron chi connectivity index (χ4n) is 3.69. The fourth-order valence-corrected chi connectivity index (χ4v) is 7.52. The van der Waals surface area contributed by atoms with Gasteiger partial charge < -0.3 is 9.87 Å². The molecule has 0 saturated heterocycles. The summed E-state index contributed by atoms with van der Waals surface area (Å²) < 4.78 is 35.7.